The van der Waals surface area contributed by atoms with Crippen LogP contribution in [0.1, 0.15) is 22.8 Å². The maximum atomic E-state index is 13.9. The second kappa shape index (κ2) is 8.11. The molecule has 28 heavy (non-hydrogen) atoms. The molecule has 0 saturated carbocycles. The number of fused-ring (bicyclic) bond motifs is 1. The van der Waals surface area contributed by atoms with Gasteiger partial charge in [-0.05, 0) is 42.8 Å². The highest BCUT2D eigenvalue weighted by atomic mass is 19.1. The molecule has 0 amide bonds. The van der Waals surface area contributed by atoms with E-state index >= 15 is 0 Å². The van der Waals surface area contributed by atoms with Crippen LogP contribution in [0, 0.1) is 24.1 Å². The molecule has 0 saturated heterocycles. The van der Waals surface area contributed by atoms with Crippen LogP contribution in [0.4, 0.5) is 10.1 Å². The van der Waals surface area contributed by atoms with Crippen LogP contribution < -0.4 is 14.8 Å². The zero-order valence-electron chi connectivity index (χ0n) is 15.8. The van der Waals surface area contributed by atoms with Crippen molar-refractivity contribution in [3.05, 3.63) is 59.0 Å². The third-order valence-electron chi connectivity index (χ3n) is 4.52. The van der Waals surface area contributed by atoms with Crippen molar-refractivity contribution in [1.82, 2.24) is 4.98 Å². The van der Waals surface area contributed by atoms with Crippen molar-refractivity contribution in [3.8, 4) is 17.6 Å². The van der Waals surface area contributed by atoms with E-state index in [2.05, 4.69) is 16.4 Å². The Hall–Kier alpha value is -3.37. The SMILES string of the molecule is COc1ccc(OC)c(C(O)CNc2c(C#N)cnc3c(C)cc(F)cc23)c1. The molecule has 3 rings (SSSR count). The van der Waals surface area contributed by atoms with Gasteiger partial charge in [-0.15, -0.1) is 0 Å². The van der Waals surface area contributed by atoms with Crippen molar-refractivity contribution in [1.29, 1.82) is 5.26 Å². The van der Waals surface area contributed by atoms with Crippen LogP contribution in [0.15, 0.2) is 36.5 Å². The van der Waals surface area contributed by atoms with E-state index in [9.17, 15) is 14.8 Å². The van der Waals surface area contributed by atoms with Gasteiger partial charge in [-0.1, -0.05) is 0 Å². The first-order chi connectivity index (χ1) is 13.5. The van der Waals surface area contributed by atoms with Crippen LogP contribution in [-0.4, -0.2) is 30.9 Å². The third kappa shape index (κ3) is 3.68. The molecule has 0 radical (unpaired) electrons. The van der Waals surface area contributed by atoms with E-state index < -0.39 is 11.9 Å². The number of aryl methyl sites for hydroxylation is 1. The van der Waals surface area contributed by atoms with Crippen LogP contribution in [-0.2, 0) is 0 Å². The first-order valence-electron chi connectivity index (χ1n) is 8.61. The molecule has 0 aliphatic heterocycles. The lowest BCUT2D eigenvalue weighted by molar-refractivity contribution is 0.186. The summed E-state index contributed by atoms with van der Waals surface area (Å²) in [5, 5.41) is 23.7. The summed E-state index contributed by atoms with van der Waals surface area (Å²) in [6, 6.07) is 9.90. The normalized spacial score (nSPS) is 11.7. The third-order valence-corrected chi connectivity index (χ3v) is 4.52. The Morgan fingerprint density at radius 2 is 2.04 bits per heavy atom. The smallest absolute Gasteiger partial charge is 0.124 e. The summed E-state index contributed by atoms with van der Waals surface area (Å²) in [5.74, 6) is 0.677. The van der Waals surface area contributed by atoms with Gasteiger partial charge in [0.15, 0.2) is 0 Å². The van der Waals surface area contributed by atoms with E-state index in [1.165, 1.54) is 32.5 Å². The molecule has 1 atom stereocenters. The van der Waals surface area contributed by atoms with Crippen molar-refractivity contribution in [2.24, 2.45) is 0 Å². The Labute approximate surface area is 162 Å². The van der Waals surface area contributed by atoms with Gasteiger partial charge in [0, 0.05) is 23.7 Å². The van der Waals surface area contributed by atoms with Crippen molar-refractivity contribution in [2.45, 2.75) is 13.0 Å². The summed E-state index contributed by atoms with van der Waals surface area (Å²) in [6.07, 6.45) is 0.489. The molecule has 0 aliphatic rings. The first-order valence-corrected chi connectivity index (χ1v) is 8.61. The molecule has 7 heteroatoms. The molecule has 6 nitrogen and oxygen atoms in total. The number of benzene rings is 2. The topological polar surface area (TPSA) is 87.4 Å². The predicted octanol–water partition coefficient (Wildman–Crippen LogP) is 3.72. The molecule has 144 valence electrons. The second-order valence-electron chi connectivity index (χ2n) is 6.28. The van der Waals surface area contributed by atoms with Crippen LogP contribution in [0.3, 0.4) is 0 Å². The fourth-order valence-electron chi connectivity index (χ4n) is 3.12. The highest BCUT2D eigenvalue weighted by Gasteiger charge is 2.17. The van der Waals surface area contributed by atoms with Gasteiger partial charge >= 0.3 is 0 Å². The summed E-state index contributed by atoms with van der Waals surface area (Å²) in [6.45, 7) is 1.83. The summed E-state index contributed by atoms with van der Waals surface area (Å²) >= 11 is 0. The number of nitriles is 1. The highest BCUT2D eigenvalue weighted by molar-refractivity contribution is 5.95. The van der Waals surface area contributed by atoms with Gasteiger partial charge < -0.3 is 19.9 Å². The Bertz CT molecular complexity index is 1060. The maximum Gasteiger partial charge on any atom is 0.124 e. The lowest BCUT2D eigenvalue weighted by Crippen LogP contribution is -2.14. The number of aliphatic hydroxyl groups is 1. The number of aliphatic hydroxyl groups excluding tert-OH is 1. The number of halogens is 1. The Kier molecular flexibility index (Phi) is 5.62. The molecule has 2 N–H and O–H groups in total. The van der Waals surface area contributed by atoms with Gasteiger partial charge in [0.25, 0.3) is 0 Å². The largest absolute Gasteiger partial charge is 0.497 e. The molecule has 0 fully saturated rings. The second-order valence-corrected chi connectivity index (χ2v) is 6.28. The molecular formula is C21H20FN3O3. The van der Waals surface area contributed by atoms with Crippen molar-refractivity contribution < 1.29 is 19.0 Å². The summed E-state index contributed by atoms with van der Waals surface area (Å²) in [5.41, 5.74) is 2.49. The monoisotopic (exact) mass is 381 g/mol. The van der Waals surface area contributed by atoms with Crippen molar-refractivity contribution >= 4 is 16.6 Å². The highest BCUT2D eigenvalue weighted by Crippen LogP contribution is 2.32. The lowest BCUT2D eigenvalue weighted by atomic mass is 10.0. The van der Waals surface area contributed by atoms with Gasteiger partial charge in [0.2, 0.25) is 0 Å². The van der Waals surface area contributed by atoms with E-state index in [1.54, 1.807) is 25.1 Å². The average molecular weight is 381 g/mol. The number of aromatic nitrogens is 1. The molecular weight excluding hydrogens is 361 g/mol. The minimum atomic E-state index is -0.950. The molecule has 0 bridgehead atoms. The maximum absolute atomic E-state index is 13.9. The quantitative estimate of drug-likeness (QED) is 0.677. The predicted molar refractivity (Wildman–Crippen MR) is 104 cm³/mol. The van der Waals surface area contributed by atoms with Crippen LogP contribution in [0.2, 0.25) is 0 Å². The van der Waals surface area contributed by atoms with E-state index in [-0.39, 0.29) is 12.1 Å². The number of hydrogen-bond donors (Lipinski definition) is 2. The number of hydrogen-bond acceptors (Lipinski definition) is 6. The standard InChI is InChI=1S/C21H20FN3O3/c1-12-6-14(22)7-17-20(12)24-10-13(9-23)21(17)25-11-18(26)16-8-15(27-2)4-5-19(16)28-3/h4-8,10,18,26H,11H2,1-3H3,(H,24,25). The Morgan fingerprint density at radius 1 is 1.25 bits per heavy atom. The number of nitrogens with zero attached hydrogens (tertiary/aromatic N) is 2. The van der Waals surface area contributed by atoms with Crippen molar-refractivity contribution in [2.75, 3.05) is 26.1 Å². The van der Waals surface area contributed by atoms with Gasteiger partial charge in [-0.2, -0.15) is 5.26 Å². The number of nitrogens with one attached hydrogen (secondary N) is 1. The zero-order chi connectivity index (χ0) is 20.3. The van der Waals surface area contributed by atoms with E-state index in [0.717, 1.165) is 0 Å². The molecule has 1 unspecified atom stereocenters. The molecule has 2 aromatic carbocycles. The number of ether oxygens (including phenoxy) is 2. The fraction of sp³-hybridized carbons (Fsp3) is 0.238. The van der Waals surface area contributed by atoms with E-state index in [0.29, 0.717) is 39.2 Å². The number of rotatable bonds is 6. The number of pyridine rings is 1. The van der Waals surface area contributed by atoms with Crippen LogP contribution in [0.25, 0.3) is 10.9 Å². The molecule has 0 aliphatic carbocycles. The number of methoxy groups -OCH3 is 2. The van der Waals surface area contributed by atoms with E-state index in [4.69, 9.17) is 9.47 Å². The minimum Gasteiger partial charge on any atom is -0.497 e. The minimum absolute atomic E-state index is 0.0763. The van der Waals surface area contributed by atoms with Crippen molar-refractivity contribution in [3.63, 3.8) is 0 Å². The van der Waals surface area contributed by atoms with Gasteiger partial charge in [-0.3, -0.25) is 4.98 Å². The number of anilines is 1. The van der Waals surface area contributed by atoms with Gasteiger partial charge in [-0.25, -0.2) is 4.39 Å². The summed E-state index contributed by atoms with van der Waals surface area (Å²) in [4.78, 5) is 4.26. The lowest BCUT2D eigenvalue weighted by Gasteiger charge is -2.18. The molecule has 0 spiro atoms. The Balaban J connectivity index is 1.97. The molecule has 3 aromatic rings. The summed E-state index contributed by atoms with van der Waals surface area (Å²) in [7, 11) is 3.05. The van der Waals surface area contributed by atoms with Gasteiger partial charge in [0.05, 0.1) is 37.1 Å². The molecule has 1 aromatic heterocycles. The van der Waals surface area contributed by atoms with E-state index in [1.807, 2.05) is 0 Å². The molecule has 1 heterocycles. The van der Waals surface area contributed by atoms with Gasteiger partial charge in [0.1, 0.15) is 23.4 Å². The Morgan fingerprint density at radius 3 is 2.71 bits per heavy atom. The zero-order valence-corrected chi connectivity index (χ0v) is 15.8. The summed E-state index contributed by atoms with van der Waals surface area (Å²) < 4.78 is 24.5. The van der Waals surface area contributed by atoms with Crippen LogP contribution in [0.5, 0.6) is 11.5 Å². The van der Waals surface area contributed by atoms with Crippen LogP contribution >= 0.6 is 0 Å². The fourth-order valence-corrected chi connectivity index (χ4v) is 3.12. The first kappa shape index (κ1) is 19.4. The average Bonchev–Trinajstić information content (AvgIpc) is 2.70.